The van der Waals surface area contributed by atoms with Crippen LogP contribution in [0.2, 0.25) is 0 Å². The molecule has 0 saturated carbocycles. The summed E-state index contributed by atoms with van der Waals surface area (Å²) in [4.78, 5) is -0.799. The molecule has 0 unspecified atom stereocenters. The van der Waals surface area contributed by atoms with Crippen molar-refractivity contribution in [2.45, 2.75) is 30.5 Å². The standard InChI is InChI=1S/C11H15F3N2O2S/c1-10(2,15)7-16-19(17,18)9-6-4-3-5-8(9)11(12,13)14/h3-6,16H,7,15H2,1-2H3. The van der Waals surface area contributed by atoms with E-state index in [1.807, 2.05) is 0 Å². The van der Waals surface area contributed by atoms with Crippen LogP contribution in [-0.2, 0) is 16.2 Å². The molecular formula is C11H15F3N2O2S. The third-order valence-corrected chi connectivity index (χ3v) is 3.66. The number of alkyl halides is 3. The molecule has 19 heavy (non-hydrogen) atoms. The quantitative estimate of drug-likeness (QED) is 0.888. The lowest BCUT2D eigenvalue weighted by atomic mass is 10.1. The van der Waals surface area contributed by atoms with E-state index in [-0.39, 0.29) is 6.54 Å². The summed E-state index contributed by atoms with van der Waals surface area (Å²) >= 11 is 0. The Morgan fingerprint density at radius 2 is 1.74 bits per heavy atom. The Hall–Kier alpha value is -1.12. The molecule has 0 aromatic heterocycles. The number of nitrogens with two attached hydrogens (primary N) is 1. The van der Waals surface area contributed by atoms with Gasteiger partial charge < -0.3 is 5.73 Å². The predicted molar refractivity (Wildman–Crippen MR) is 64.9 cm³/mol. The molecule has 8 heteroatoms. The van der Waals surface area contributed by atoms with Gasteiger partial charge in [-0.25, -0.2) is 13.1 Å². The Bertz CT molecular complexity index is 548. The molecule has 0 aliphatic carbocycles. The highest BCUT2D eigenvalue weighted by Crippen LogP contribution is 2.33. The van der Waals surface area contributed by atoms with Crippen molar-refractivity contribution in [3.05, 3.63) is 29.8 Å². The lowest BCUT2D eigenvalue weighted by Gasteiger charge is -2.20. The van der Waals surface area contributed by atoms with E-state index in [1.54, 1.807) is 13.8 Å². The number of halogens is 3. The summed E-state index contributed by atoms with van der Waals surface area (Å²) < 4.78 is 64.0. The van der Waals surface area contributed by atoms with Gasteiger partial charge in [-0.3, -0.25) is 0 Å². The van der Waals surface area contributed by atoms with Crippen LogP contribution in [0.3, 0.4) is 0 Å². The Kier molecular flexibility index (Phi) is 4.28. The molecule has 4 nitrogen and oxygen atoms in total. The Morgan fingerprint density at radius 1 is 1.21 bits per heavy atom. The van der Waals surface area contributed by atoms with Gasteiger partial charge in [0.2, 0.25) is 10.0 Å². The molecule has 1 rings (SSSR count). The minimum Gasteiger partial charge on any atom is -0.324 e. The van der Waals surface area contributed by atoms with Crippen molar-refractivity contribution in [2.75, 3.05) is 6.54 Å². The molecule has 0 saturated heterocycles. The van der Waals surface area contributed by atoms with Gasteiger partial charge in [0, 0.05) is 12.1 Å². The second-order valence-electron chi connectivity index (χ2n) is 4.81. The predicted octanol–water partition coefficient (Wildman–Crippen LogP) is 1.72. The molecule has 108 valence electrons. The highest BCUT2D eigenvalue weighted by atomic mass is 32.2. The van der Waals surface area contributed by atoms with Crippen molar-refractivity contribution < 1.29 is 21.6 Å². The molecule has 0 fully saturated rings. The first-order chi connectivity index (χ1) is 8.43. The van der Waals surface area contributed by atoms with Crippen molar-refractivity contribution >= 4 is 10.0 Å². The summed E-state index contributed by atoms with van der Waals surface area (Å²) in [5, 5.41) is 0. The fourth-order valence-electron chi connectivity index (χ4n) is 1.29. The van der Waals surface area contributed by atoms with E-state index in [0.717, 1.165) is 18.2 Å². The number of rotatable bonds is 4. The van der Waals surface area contributed by atoms with Gasteiger partial charge in [-0.1, -0.05) is 12.1 Å². The van der Waals surface area contributed by atoms with E-state index in [2.05, 4.69) is 4.72 Å². The van der Waals surface area contributed by atoms with Gasteiger partial charge >= 0.3 is 6.18 Å². The van der Waals surface area contributed by atoms with Crippen molar-refractivity contribution in [2.24, 2.45) is 5.73 Å². The Labute approximate surface area is 109 Å². The average Bonchev–Trinajstić information content (AvgIpc) is 2.25. The third kappa shape index (κ3) is 4.48. The van der Waals surface area contributed by atoms with Gasteiger partial charge in [0.15, 0.2) is 0 Å². The first-order valence-electron chi connectivity index (χ1n) is 5.38. The molecule has 0 radical (unpaired) electrons. The first-order valence-corrected chi connectivity index (χ1v) is 6.86. The van der Waals surface area contributed by atoms with Crippen molar-refractivity contribution in [1.29, 1.82) is 0 Å². The number of hydrogen-bond acceptors (Lipinski definition) is 3. The van der Waals surface area contributed by atoms with Crippen LogP contribution in [0.1, 0.15) is 19.4 Å². The van der Waals surface area contributed by atoms with E-state index in [1.165, 1.54) is 6.07 Å². The van der Waals surface area contributed by atoms with Gasteiger partial charge in [0.1, 0.15) is 0 Å². The topological polar surface area (TPSA) is 72.2 Å². The number of hydrogen-bond donors (Lipinski definition) is 2. The molecule has 0 aliphatic heterocycles. The van der Waals surface area contributed by atoms with E-state index in [9.17, 15) is 21.6 Å². The summed E-state index contributed by atoms with van der Waals surface area (Å²) in [5.41, 5.74) is 3.54. The van der Waals surface area contributed by atoms with Crippen LogP contribution in [-0.4, -0.2) is 20.5 Å². The zero-order valence-electron chi connectivity index (χ0n) is 10.5. The average molecular weight is 296 g/mol. The van der Waals surface area contributed by atoms with Crippen LogP contribution < -0.4 is 10.5 Å². The molecule has 3 N–H and O–H groups in total. The van der Waals surface area contributed by atoms with Gasteiger partial charge in [-0.05, 0) is 26.0 Å². The lowest BCUT2D eigenvalue weighted by Crippen LogP contribution is -2.45. The number of nitrogens with one attached hydrogen (secondary N) is 1. The monoisotopic (exact) mass is 296 g/mol. The molecule has 0 spiro atoms. The molecule has 0 amide bonds. The molecule has 0 heterocycles. The van der Waals surface area contributed by atoms with Crippen LogP contribution in [0.25, 0.3) is 0 Å². The van der Waals surface area contributed by atoms with Crippen LogP contribution in [0, 0.1) is 0 Å². The second kappa shape index (κ2) is 5.10. The van der Waals surface area contributed by atoms with Crippen LogP contribution in [0.5, 0.6) is 0 Å². The van der Waals surface area contributed by atoms with Gasteiger partial charge in [0.25, 0.3) is 0 Å². The van der Waals surface area contributed by atoms with Crippen LogP contribution >= 0.6 is 0 Å². The highest BCUT2D eigenvalue weighted by Gasteiger charge is 2.36. The summed E-state index contributed by atoms with van der Waals surface area (Å²) in [6, 6.07) is 4.00. The maximum atomic E-state index is 12.7. The van der Waals surface area contributed by atoms with E-state index in [0.29, 0.717) is 0 Å². The number of benzene rings is 1. The Morgan fingerprint density at radius 3 is 2.21 bits per heavy atom. The normalized spacial score (nSPS) is 13.6. The molecular weight excluding hydrogens is 281 g/mol. The van der Waals surface area contributed by atoms with Crippen molar-refractivity contribution in [1.82, 2.24) is 4.72 Å². The van der Waals surface area contributed by atoms with Gasteiger partial charge in [-0.15, -0.1) is 0 Å². The lowest BCUT2D eigenvalue weighted by molar-refractivity contribution is -0.139. The minimum absolute atomic E-state index is 0.165. The molecule has 0 atom stereocenters. The SMILES string of the molecule is CC(C)(N)CNS(=O)(=O)c1ccccc1C(F)(F)F. The molecule has 1 aromatic carbocycles. The third-order valence-electron chi connectivity index (χ3n) is 2.20. The van der Waals surface area contributed by atoms with E-state index >= 15 is 0 Å². The molecule has 0 bridgehead atoms. The van der Waals surface area contributed by atoms with Crippen molar-refractivity contribution in [3.63, 3.8) is 0 Å². The zero-order valence-corrected chi connectivity index (χ0v) is 11.3. The van der Waals surface area contributed by atoms with Crippen LogP contribution in [0.15, 0.2) is 29.2 Å². The summed E-state index contributed by atoms with van der Waals surface area (Å²) in [6.07, 6.45) is -4.73. The van der Waals surface area contributed by atoms with Gasteiger partial charge in [-0.2, -0.15) is 13.2 Å². The second-order valence-corrected chi connectivity index (χ2v) is 6.54. The van der Waals surface area contributed by atoms with Gasteiger partial charge in [0.05, 0.1) is 10.5 Å². The zero-order chi connectivity index (χ0) is 14.9. The van der Waals surface area contributed by atoms with E-state index in [4.69, 9.17) is 5.73 Å². The van der Waals surface area contributed by atoms with Crippen molar-refractivity contribution in [3.8, 4) is 0 Å². The largest absolute Gasteiger partial charge is 0.417 e. The van der Waals surface area contributed by atoms with E-state index < -0.39 is 32.2 Å². The first kappa shape index (κ1) is 15.9. The summed E-state index contributed by atoms with van der Waals surface area (Å²) in [5.74, 6) is 0. The fraction of sp³-hybridized carbons (Fsp3) is 0.455. The van der Waals surface area contributed by atoms with Crippen LogP contribution in [0.4, 0.5) is 13.2 Å². The highest BCUT2D eigenvalue weighted by molar-refractivity contribution is 7.89. The Balaban J connectivity index is 3.16. The molecule has 1 aromatic rings. The smallest absolute Gasteiger partial charge is 0.324 e. The summed E-state index contributed by atoms with van der Waals surface area (Å²) in [7, 11) is -4.26. The maximum absolute atomic E-state index is 12.7. The number of sulfonamides is 1. The fourth-order valence-corrected chi connectivity index (χ4v) is 2.74. The summed E-state index contributed by atoms with van der Waals surface area (Å²) in [6.45, 7) is 2.96. The maximum Gasteiger partial charge on any atom is 0.417 e. The minimum atomic E-state index is -4.73. The molecule has 0 aliphatic rings.